The molecule has 0 N–H and O–H groups in total. The number of hydrogen-bond acceptors (Lipinski definition) is 3. The summed E-state index contributed by atoms with van der Waals surface area (Å²) in [4.78, 5) is 16.6. The van der Waals surface area contributed by atoms with E-state index in [-0.39, 0.29) is 17.8 Å². The lowest BCUT2D eigenvalue weighted by Gasteiger charge is -2.29. The predicted octanol–water partition coefficient (Wildman–Crippen LogP) is 9.41. The van der Waals surface area contributed by atoms with Gasteiger partial charge in [0.15, 0.2) is 0 Å². The van der Waals surface area contributed by atoms with E-state index < -0.39 is 11.7 Å². The molecule has 2 atom stereocenters. The van der Waals surface area contributed by atoms with Gasteiger partial charge in [-0.15, -0.1) is 0 Å². The minimum absolute atomic E-state index is 0.0688. The molecule has 3 aromatic carbocycles. The maximum Gasteiger partial charge on any atom is 0.416 e. The number of fused-ring (bicyclic) bond motifs is 1. The quantitative estimate of drug-likeness (QED) is 0.207. The summed E-state index contributed by atoms with van der Waals surface area (Å²) < 4.78 is 44.8. The van der Waals surface area contributed by atoms with Gasteiger partial charge in [0, 0.05) is 17.5 Å². The van der Waals surface area contributed by atoms with E-state index in [1.807, 2.05) is 18.2 Å². The number of benzene rings is 3. The number of carbonyl (C=O) groups excluding carboxylic acids is 1. The number of carbonyl (C=O) groups is 1. The van der Waals surface area contributed by atoms with Crippen molar-refractivity contribution >= 4 is 16.9 Å². The number of halogens is 3. The summed E-state index contributed by atoms with van der Waals surface area (Å²) in [5, 5.41) is 0.675. The summed E-state index contributed by atoms with van der Waals surface area (Å²) in [6.07, 6.45) is 4.13. The Morgan fingerprint density at radius 3 is 2.23 bits per heavy atom. The fraction of sp³-hybridized carbons (Fsp3) is 0.353. The van der Waals surface area contributed by atoms with Gasteiger partial charge in [0.2, 0.25) is 0 Å². The molecule has 1 fully saturated rings. The zero-order valence-corrected chi connectivity index (χ0v) is 22.9. The van der Waals surface area contributed by atoms with Crippen LogP contribution in [-0.2, 0) is 10.9 Å². The molecular formula is C34H34F3NO2. The van der Waals surface area contributed by atoms with E-state index in [1.165, 1.54) is 44.4 Å². The van der Waals surface area contributed by atoms with Crippen LogP contribution in [0.3, 0.4) is 0 Å². The fourth-order valence-electron chi connectivity index (χ4n) is 6.20. The van der Waals surface area contributed by atoms with Crippen LogP contribution in [0.4, 0.5) is 13.2 Å². The lowest BCUT2D eigenvalue weighted by molar-refractivity contribution is -0.137. The minimum Gasteiger partial charge on any atom is -0.465 e. The number of pyridine rings is 1. The van der Waals surface area contributed by atoms with Crippen LogP contribution < -0.4 is 0 Å². The maximum absolute atomic E-state index is 13.3. The number of nitrogens with zero attached hydrogens (tertiary/aromatic N) is 1. The van der Waals surface area contributed by atoms with Gasteiger partial charge in [-0.1, -0.05) is 68.7 Å². The number of alkyl halides is 3. The van der Waals surface area contributed by atoms with E-state index in [2.05, 4.69) is 36.2 Å². The molecule has 40 heavy (non-hydrogen) atoms. The van der Waals surface area contributed by atoms with Gasteiger partial charge in [0.25, 0.3) is 0 Å². The van der Waals surface area contributed by atoms with Gasteiger partial charge in [-0.2, -0.15) is 13.2 Å². The third kappa shape index (κ3) is 5.91. The van der Waals surface area contributed by atoms with E-state index in [0.717, 1.165) is 41.7 Å². The molecule has 4 aromatic rings. The molecule has 0 saturated heterocycles. The van der Waals surface area contributed by atoms with Gasteiger partial charge in [0.1, 0.15) is 0 Å². The molecule has 0 aliphatic heterocycles. The van der Waals surface area contributed by atoms with Crippen molar-refractivity contribution < 1.29 is 22.7 Å². The normalized spacial score (nSPS) is 15.7. The second-order valence-corrected chi connectivity index (χ2v) is 10.8. The van der Waals surface area contributed by atoms with Gasteiger partial charge in [-0.05, 0) is 83.7 Å². The largest absolute Gasteiger partial charge is 0.465 e. The number of ether oxygens (including phenoxy) is 1. The van der Waals surface area contributed by atoms with Crippen LogP contribution in [0.5, 0.6) is 0 Å². The first-order chi connectivity index (χ1) is 19.3. The van der Waals surface area contributed by atoms with Crippen LogP contribution in [0.15, 0.2) is 79.0 Å². The lowest BCUT2D eigenvalue weighted by Crippen LogP contribution is -2.14. The molecule has 1 saturated carbocycles. The summed E-state index contributed by atoms with van der Waals surface area (Å²) in [5.74, 6) is 0.230. The number of hydrogen-bond donors (Lipinski definition) is 0. The highest BCUT2D eigenvalue weighted by atomic mass is 19.4. The third-order valence-electron chi connectivity index (χ3n) is 8.28. The Morgan fingerprint density at radius 1 is 0.925 bits per heavy atom. The third-order valence-corrected chi connectivity index (χ3v) is 8.28. The summed E-state index contributed by atoms with van der Waals surface area (Å²) in [6, 6.07) is 22.2. The van der Waals surface area contributed by atoms with Crippen molar-refractivity contribution in [3.63, 3.8) is 0 Å². The van der Waals surface area contributed by atoms with Crippen LogP contribution in [0.25, 0.3) is 10.9 Å². The summed E-state index contributed by atoms with van der Waals surface area (Å²) in [5.41, 5.74) is 4.67. The van der Waals surface area contributed by atoms with Crippen LogP contribution >= 0.6 is 0 Å². The second kappa shape index (κ2) is 11.8. The predicted molar refractivity (Wildman–Crippen MR) is 152 cm³/mol. The van der Waals surface area contributed by atoms with Crippen molar-refractivity contribution in [2.45, 2.75) is 69.4 Å². The average molecular weight is 546 g/mol. The van der Waals surface area contributed by atoms with E-state index in [4.69, 9.17) is 4.74 Å². The first-order valence-corrected chi connectivity index (χ1v) is 14.0. The van der Waals surface area contributed by atoms with Crippen molar-refractivity contribution in [2.75, 3.05) is 7.11 Å². The zero-order chi connectivity index (χ0) is 28.3. The highest BCUT2D eigenvalue weighted by Crippen LogP contribution is 2.43. The number of rotatable bonds is 8. The Morgan fingerprint density at radius 2 is 1.60 bits per heavy atom. The molecule has 1 aliphatic carbocycles. The zero-order valence-electron chi connectivity index (χ0n) is 22.9. The first-order valence-electron chi connectivity index (χ1n) is 14.0. The molecule has 0 amide bonds. The molecule has 0 radical (unpaired) electrons. The Hall–Kier alpha value is -3.67. The molecule has 5 rings (SSSR count). The first kappa shape index (κ1) is 27.9. The average Bonchev–Trinajstić information content (AvgIpc) is 3.51. The molecule has 1 unspecified atom stereocenters. The minimum atomic E-state index is -4.42. The molecule has 6 heteroatoms. The molecular weight excluding hydrogens is 511 g/mol. The van der Waals surface area contributed by atoms with Gasteiger partial charge >= 0.3 is 12.1 Å². The van der Waals surface area contributed by atoms with Crippen molar-refractivity contribution in [1.29, 1.82) is 0 Å². The number of aromatic nitrogens is 1. The van der Waals surface area contributed by atoms with Crippen molar-refractivity contribution in [2.24, 2.45) is 0 Å². The van der Waals surface area contributed by atoms with Crippen LogP contribution in [0.1, 0.15) is 101 Å². The Labute approximate surface area is 233 Å². The summed E-state index contributed by atoms with van der Waals surface area (Å²) in [6.45, 7) is 2.15. The SMILES string of the molecule is CCC[C@H](c1ccc(C(=O)OC)cc1)C(c1ccc(C2CCCC2)cc1)c1cnc2cc(C(F)(F)F)ccc2c1. The Bertz CT molecular complexity index is 1460. The monoisotopic (exact) mass is 545 g/mol. The molecule has 1 aliphatic rings. The standard InChI is InChI=1S/C34H34F3NO2/c1-3-6-30(24-11-15-26(16-12-24)33(39)40-2)32(25-13-9-23(10-14-25)22-7-4-5-8-22)28-19-27-17-18-29(34(35,36)37)20-31(27)38-21-28/h9-22,30,32H,3-8H2,1-2H3/t30-,32?/m1/s1. The molecule has 1 aromatic heterocycles. The van der Waals surface area contributed by atoms with Crippen molar-refractivity contribution in [3.8, 4) is 0 Å². The van der Waals surface area contributed by atoms with Gasteiger partial charge in [-0.3, -0.25) is 4.98 Å². The molecule has 3 nitrogen and oxygen atoms in total. The summed E-state index contributed by atoms with van der Waals surface area (Å²) in [7, 11) is 1.37. The van der Waals surface area contributed by atoms with Crippen LogP contribution in [0.2, 0.25) is 0 Å². The second-order valence-electron chi connectivity index (χ2n) is 10.8. The molecule has 0 spiro atoms. The maximum atomic E-state index is 13.3. The molecule has 208 valence electrons. The summed E-state index contributed by atoms with van der Waals surface area (Å²) >= 11 is 0. The van der Waals surface area contributed by atoms with Crippen LogP contribution in [0, 0.1) is 0 Å². The van der Waals surface area contributed by atoms with E-state index in [1.54, 1.807) is 18.3 Å². The number of esters is 1. The van der Waals surface area contributed by atoms with E-state index >= 15 is 0 Å². The highest BCUT2D eigenvalue weighted by Gasteiger charge is 2.31. The van der Waals surface area contributed by atoms with E-state index in [9.17, 15) is 18.0 Å². The van der Waals surface area contributed by atoms with Crippen LogP contribution in [-0.4, -0.2) is 18.1 Å². The fourth-order valence-corrected chi connectivity index (χ4v) is 6.20. The smallest absolute Gasteiger partial charge is 0.416 e. The number of methoxy groups -OCH3 is 1. The van der Waals surface area contributed by atoms with Gasteiger partial charge in [-0.25, -0.2) is 4.79 Å². The van der Waals surface area contributed by atoms with Gasteiger partial charge < -0.3 is 4.74 Å². The highest BCUT2D eigenvalue weighted by molar-refractivity contribution is 5.89. The van der Waals surface area contributed by atoms with E-state index in [0.29, 0.717) is 22.4 Å². The Kier molecular flexibility index (Phi) is 8.24. The molecule has 1 heterocycles. The lowest BCUT2D eigenvalue weighted by atomic mass is 9.75. The molecule has 0 bridgehead atoms. The van der Waals surface area contributed by atoms with Crippen molar-refractivity contribution in [1.82, 2.24) is 4.98 Å². The topological polar surface area (TPSA) is 39.2 Å². The Balaban J connectivity index is 1.59. The van der Waals surface area contributed by atoms with Crippen molar-refractivity contribution in [3.05, 3.63) is 112 Å². The van der Waals surface area contributed by atoms with Gasteiger partial charge in [0.05, 0.1) is 23.8 Å².